The average Bonchev–Trinajstić information content (AvgIpc) is 2.87. The SMILES string of the molecule is Nc1cc(-c2ccccc2CN2CCCCC2)on1. The summed E-state index contributed by atoms with van der Waals surface area (Å²) in [6, 6.07) is 10.1. The third-order valence-electron chi connectivity index (χ3n) is 3.65. The summed E-state index contributed by atoms with van der Waals surface area (Å²) in [7, 11) is 0. The second-order valence-corrected chi connectivity index (χ2v) is 5.11. The molecule has 1 aliphatic rings. The van der Waals surface area contributed by atoms with Crippen molar-refractivity contribution in [3.63, 3.8) is 0 Å². The molecule has 3 rings (SSSR count). The van der Waals surface area contributed by atoms with Gasteiger partial charge >= 0.3 is 0 Å². The van der Waals surface area contributed by atoms with Crippen molar-refractivity contribution in [3.8, 4) is 11.3 Å². The Morgan fingerprint density at radius 1 is 1.16 bits per heavy atom. The van der Waals surface area contributed by atoms with Gasteiger partial charge in [0.25, 0.3) is 0 Å². The van der Waals surface area contributed by atoms with Crippen LogP contribution in [0, 0.1) is 0 Å². The Labute approximate surface area is 113 Å². The molecular formula is C15H19N3O. The molecule has 0 unspecified atom stereocenters. The van der Waals surface area contributed by atoms with E-state index in [0.29, 0.717) is 5.82 Å². The average molecular weight is 257 g/mol. The molecule has 0 radical (unpaired) electrons. The largest absolute Gasteiger partial charge is 0.381 e. The lowest BCUT2D eigenvalue weighted by Crippen LogP contribution is -2.29. The third-order valence-corrected chi connectivity index (χ3v) is 3.65. The fraction of sp³-hybridized carbons (Fsp3) is 0.400. The van der Waals surface area contributed by atoms with E-state index in [4.69, 9.17) is 10.3 Å². The molecule has 1 aromatic heterocycles. The van der Waals surface area contributed by atoms with Crippen LogP contribution in [0.4, 0.5) is 5.82 Å². The van der Waals surface area contributed by atoms with Gasteiger partial charge in [0, 0.05) is 18.2 Å². The molecule has 1 aliphatic heterocycles. The molecular weight excluding hydrogens is 238 g/mol. The molecule has 0 atom stereocenters. The summed E-state index contributed by atoms with van der Waals surface area (Å²) in [5.74, 6) is 1.19. The Kier molecular flexibility index (Phi) is 3.51. The van der Waals surface area contributed by atoms with Crippen molar-refractivity contribution < 1.29 is 4.52 Å². The zero-order valence-corrected chi connectivity index (χ0v) is 11.0. The number of hydrogen-bond donors (Lipinski definition) is 1. The smallest absolute Gasteiger partial charge is 0.169 e. The molecule has 19 heavy (non-hydrogen) atoms. The number of nitrogen functional groups attached to an aromatic ring is 1. The van der Waals surface area contributed by atoms with Crippen LogP contribution in [0.15, 0.2) is 34.9 Å². The van der Waals surface area contributed by atoms with E-state index in [2.05, 4.69) is 28.3 Å². The van der Waals surface area contributed by atoms with Crippen LogP contribution in [-0.4, -0.2) is 23.1 Å². The first-order valence-electron chi connectivity index (χ1n) is 6.86. The Morgan fingerprint density at radius 2 is 1.95 bits per heavy atom. The summed E-state index contributed by atoms with van der Waals surface area (Å²) in [4.78, 5) is 2.50. The second kappa shape index (κ2) is 5.45. The maximum Gasteiger partial charge on any atom is 0.169 e. The number of aromatic nitrogens is 1. The van der Waals surface area contributed by atoms with Gasteiger partial charge in [-0.15, -0.1) is 0 Å². The van der Waals surface area contributed by atoms with Gasteiger partial charge in [0.1, 0.15) is 0 Å². The van der Waals surface area contributed by atoms with Crippen molar-refractivity contribution in [2.45, 2.75) is 25.8 Å². The van der Waals surface area contributed by atoms with Gasteiger partial charge in [0.05, 0.1) is 0 Å². The van der Waals surface area contributed by atoms with E-state index in [9.17, 15) is 0 Å². The monoisotopic (exact) mass is 257 g/mol. The fourth-order valence-electron chi connectivity index (χ4n) is 2.67. The number of nitrogens with two attached hydrogens (primary N) is 1. The van der Waals surface area contributed by atoms with Crippen molar-refractivity contribution in [3.05, 3.63) is 35.9 Å². The summed E-state index contributed by atoms with van der Waals surface area (Å²) in [5.41, 5.74) is 8.01. The first kappa shape index (κ1) is 12.2. The summed E-state index contributed by atoms with van der Waals surface area (Å²) >= 11 is 0. The van der Waals surface area contributed by atoms with E-state index in [1.165, 1.54) is 37.9 Å². The molecule has 2 N–H and O–H groups in total. The number of benzene rings is 1. The molecule has 1 aromatic carbocycles. The van der Waals surface area contributed by atoms with E-state index < -0.39 is 0 Å². The number of piperidine rings is 1. The minimum atomic E-state index is 0.433. The molecule has 2 heterocycles. The van der Waals surface area contributed by atoms with Gasteiger partial charge in [0.2, 0.25) is 0 Å². The van der Waals surface area contributed by atoms with Crippen molar-refractivity contribution in [1.29, 1.82) is 0 Å². The summed E-state index contributed by atoms with van der Waals surface area (Å²) in [5, 5.41) is 3.77. The lowest BCUT2D eigenvalue weighted by molar-refractivity contribution is 0.221. The maximum atomic E-state index is 5.63. The first-order chi connectivity index (χ1) is 9.33. The van der Waals surface area contributed by atoms with Crippen molar-refractivity contribution in [2.24, 2.45) is 0 Å². The molecule has 0 spiro atoms. The maximum absolute atomic E-state index is 5.63. The fourth-order valence-corrected chi connectivity index (χ4v) is 2.67. The predicted molar refractivity (Wildman–Crippen MR) is 75.5 cm³/mol. The Balaban J connectivity index is 1.84. The highest BCUT2D eigenvalue weighted by molar-refractivity contribution is 5.64. The van der Waals surface area contributed by atoms with Crippen LogP contribution in [0.2, 0.25) is 0 Å². The van der Waals surface area contributed by atoms with Gasteiger partial charge in [-0.05, 0) is 31.5 Å². The summed E-state index contributed by atoms with van der Waals surface area (Å²) in [6.07, 6.45) is 3.96. The van der Waals surface area contributed by atoms with Crippen LogP contribution in [-0.2, 0) is 6.54 Å². The molecule has 1 saturated heterocycles. The zero-order valence-electron chi connectivity index (χ0n) is 11.0. The van der Waals surface area contributed by atoms with Gasteiger partial charge in [0.15, 0.2) is 11.6 Å². The Hall–Kier alpha value is -1.81. The Morgan fingerprint density at radius 3 is 2.68 bits per heavy atom. The van der Waals surface area contributed by atoms with Crippen LogP contribution in [0.3, 0.4) is 0 Å². The standard InChI is InChI=1S/C15H19N3O/c16-15-10-14(19-17-15)13-7-3-2-6-12(13)11-18-8-4-1-5-9-18/h2-3,6-7,10H,1,4-5,8-9,11H2,(H2,16,17). The van der Waals surface area contributed by atoms with E-state index in [0.717, 1.165) is 17.9 Å². The lowest BCUT2D eigenvalue weighted by Gasteiger charge is -2.27. The van der Waals surface area contributed by atoms with Crippen LogP contribution in [0.5, 0.6) is 0 Å². The molecule has 4 heteroatoms. The zero-order chi connectivity index (χ0) is 13.1. The highest BCUT2D eigenvalue weighted by Crippen LogP contribution is 2.26. The van der Waals surface area contributed by atoms with E-state index in [-0.39, 0.29) is 0 Å². The van der Waals surface area contributed by atoms with Gasteiger partial charge in [-0.2, -0.15) is 0 Å². The molecule has 0 saturated carbocycles. The number of rotatable bonds is 3. The van der Waals surface area contributed by atoms with Crippen LogP contribution >= 0.6 is 0 Å². The minimum absolute atomic E-state index is 0.433. The molecule has 4 nitrogen and oxygen atoms in total. The molecule has 0 aliphatic carbocycles. The number of hydrogen-bond acceptors (Lipinski definition) is 4. The highest BCUT2D eigenvalue weighted by Gasteiger charge is 2.14. The third kappa shape index (κ3) is 2.79. The minimum Gasteiger partial charge on any atom is -0.381 e. The highest BCUT2D eigenvalue weighted by atomic mass is 16.5. The van der Waals surface area contributed by atoms with Gasteiger partial charge in [-0.3, -0.25) is 4.90 Å². The van der Waals surface area contributed by atoms with Gasteiger partial charge < -0.3 is 10.3 Å². The van der Waals surface area contributed by atoms with E-state index >= 15 is 0 Å². The molecule has 1 fully saturated rings. The van der Waals surface area contributed by atoms with Crippen LogP contribution in [0.1, 0.15) is 24.8 Å². The second-order valence-electron chi connectivity index (χ2n) is 5.11. The van der Waals surface area contributed by atoms with E-state index in [1.807, 2.05) is 6.07 Å². The van der Waals surface area contributed by atoms with Crippen molar-refractivity contribution in [2.75, 3.05) is 18.8 Å². The van der Waals surface area contributed by atoms with Gasteiger partial charge in [-0.25, -0.2) is 0 Å². The molecule has 0 amide bonds. The van der Waals surface area contributed by atoms with E-state index in [1.54, 1.807) is 6.07 Å². The van der Waals surface area contributed by atoms with Crippen molar-refractivity contribution in [1.82, 2.24) is 10.1 Å². The quantitative estimate of drug-likeness (QED) is 0.918. The topological polar surface area (TPSA) is 55.3 Å². The summed E-state index contributed by atoms with van der Waals surface area (Å²) in [6.45, 7) is 3.34. The lowest BCUT2D eigenvalue weighted by atomic mass is 10.0. The number of nitrogens with zero attached hydrogens (tertiary/aromatic N) is 2. The van der Waals surface area contributed by atoms with Crippen LogP contribution in [0.25, 0.3) is 11.3 Å². The van der Waals surface area contributed by atoms with Crippen molar-refractivity contribution >= 4 is 5.82 Å². The molecule has 100 valence electrons. The predicted octanol–water partition coefficient (Wildman–Crippen LogP) is 2.91. The summed E-state index contributed by atoms with van der Waals surface area (Å²) < 4.78 is 5.29. The number of likely N-dealkylation sites (tertiary alicyclic amines) is 1. The Bertz CT molecular complexity index is 544. The molecule has 2 aromatic rings. The normalized spacial score (nSPS) is 16.6. The molecule has 0 bridgehead atoms. The number of anilines is 1. The van der Waals surface area contributed by atoms with Gasteiger partial charge in [-0.1, -0.05) is 35.8 Å². The first-order valence-corrected chi connectivity index (χ1v) is 6.86. The van der Waals surface area contributed by atoms with Crippen LogP contribution < -0.4 is 5.73 Å².